The summed E-state index contributed by atoms with van der Waals surface area (Å²) in [6.45, 7) is 22.2. The fraction of sp³-hybridized carbons (Fsp3) is 0.886. The highest BCUT2D eigenvalue weighted by Gasteiger charge is 2.53. The van der Waals surface area contributed by atoms with E-state index in [4.69, 9.17) is 47.4 Å². The van der Waals surface area contributed by atoms with Gasteiger partial charge in [-0.25, -0.2) is 0 Å². The molecule has 0 radical (unpaired) electrons. The van der Waals surface area contributed by atoms with Gasteiger partial charge < -0.3 is 57.6 Å². The lowest BCUT2D eigenvalue weighted by Gasteiger charge is -2.48. The summed E-state index contributed by atoms with van der Waals surface area (Å²) < 4.78 is 60.9. The lowest BCUT2D eigenvalue weighted by Crippen LogP contribution is -2.59. The van der Waals surface area contributed by atoms with Crippen molar-refractivity contribution in [2.24, 2.45) is 35.5 Å². The number of rotatable bonds is 11. The van der Waals surface area contributed by atoms with E-state index >= 15 is 0 Å². The van der Waals surface area contributed by atoms with Gasteiger partial charge in [-0.2, -0.15) is 0 Å². The summed E-state index contributed by atoms with van der Waals surface area (Å²) in [5.74, 6) is -8.36. The maximum absolute atomic E-state index is 14.8. The minimum atomic E-state index is -2.02. The molecule has 0 aromatic rings. The fourth-order valence-corrected chi connectivity index (χ4v) is 9.56. The van der Waals surface area contributed by atoms with E-state index in [2.05, 4.69) is 0 Å². The number of aliphatic hydroxyl groups is 2. The second-order valence-corrected chi connectivity index (χ2v) is 18.3. The molecule has 352 valence electrons. The molecule has 3 heterocycles. The number of methoxy groups -OCH3 is 2. The molecule has 0 spiro atoms. The van der Waals surface area contributed by atoms with Gasteiger partial charge in [-0.05, 0) is 53.9 Å². The van der Waals surface area contributed by atoms with Gasteiger partial charge in [0.1, 0.15) is 35.6 Å². The molecule has 20 atom stereocenters. The summed E-state index contributed by atoms with van der Waals surface area (Å²) >= 11 is 0. The highest BCUT2D eigenvalue weighted by Crippen LogP contribution is 2.41. The maximum atomic E-state index is 14.8. The topological polar surface area (TPSA) is 218 Å². The monoisotopic (exact) mass is 874 g/mol. The summed E-state index contributed by atoms with van der Waals surface area (Å²) in [4.78, 5) is 66.1. The zero-order valence-corrected chi connectivity index (χ0v) is 39.0. The van der Waals surface area contributed by atoms with Crippen molar-refractivity contribution in [3.8, 4) is 0 Å². The quantitative estimate of drug-likeness (QED) is 0.221. The molecule has 0 saturated carbocycles. The van der Waals surface area contributed by atoms with E-state index in [0.29, 0.717) is 6.42 Å². The minimum absolute atomic E-state index is 0.0666. The minimum Gasteiger partial charge on any atom is -0.462 e. The Morgan fingerprint density at radius 1 is 0.787 bits per heavy atom. The summed E-state index contributed by atoms with van der Waals surface area (Å²) in [7, 11) is 2.97. The Morgan fingerprint density at radius 2 is 1.39 bits per heavy atom. The van der Waals surface area contributed by atoms with Crippen molar-refractivity contribution in [3.63, 3.8) is 0 Å². The molecule has 0 aromatic heterocycles. The van der Waals surface area contributed by atoms with Gasteiger partial charge in [0.25, 0.3) is 0 Å². The van der Waals surface area contributed by atoms with E-state index in [9.17, 15) is 34.2 Å². The van der Waals surface area contributed by atoms with Crippen LogP contribution in [0.3, 0.4) is 0 Å². The Kier molecular flexibility index (Phi) is 18.7. The number of carbonyl (C=O) groups excluding carboxylic acids is 5. The van der Waals surface area contributed by atoms with Crippen molar-refractivity contribution in [1.82, 2.24) is 0 Å². The van der Waals surface area contributed by atoms with E-state index in [1.807, 2.05) is 6.92 Å². The standard InChI is InChI=1S/C44H74O17/c1-20-18-43(13,51)39(49)25(6)37(57-30(11)46)24(5)36(22(3)27(8)55-29(10)45)60-41(50)26(7)38(23(4)35(20)61-42-34(48)32(52-15)17-21(2)54-42)59-33-19-44(14,53-16)40(28(9)56-33)58-31(12)47/h20-28,32-38,40,42,48,51H,17-19H2,1-16H3/t20-,21+,22-,23+,24-,25+,26+,27-,28-,32-,33-,34+,35?,36+,37-,38-,40+,42-,43-,44+/m0/s1. The highest BCUT2D eigenvalue weighted by atomic mass is 16.7. The van der Waals surface area contributed by atoms with E-state index in [0.717, 1.165) is 0 Å². The molecule has 17 nitrogen and oxygen atoms in total. The molecule has 0 aromatic carbocycles. The SMILES string of the molecule is CO[C@H]1C[C@@H](C)O[C@@H](OC2[C@@H](C)[C@H](O[C@H]3C[C@@](C)(OC)[C@H](OC(C)=O)[C@H](C)O3)[C@@H](C)C(=O)O[C@H]([C@@H](C)[C@H](C)OC(C)=O)[C@H](C)[C@H](OC(C)=O)[C@@H](C)C(=O)[C@@](C)(O)C[C@@H]2C)[C@@H]1O. The zero-order valence-electron chi connectivity index (χ0n) is 39.0. The lowest BCUT2D eigenvalue weighted by molar-refractivity contribution is -0.313. The molecule has 17 heteroatoms. The van der Waals surface area contributed by atoms with Crippen molar-refractivity contribution in [1.29, 1.82) is 0 Å². The first-order valence-corrected chi connectivity index (χ1v) is 21.6. The number of aliphatic hydroxyl groups excluding tert-OH is 1. The third-order valence-corrected chi connectivity index (χ3v) is 13.0. The Morgan fingerprint density at radius 3 is 1.93 bits per heavy atom. The van der Waals surface area contributed by atoms with Crippen LogP contribution in [0.25, 0.3) is 0 Å². The molecule has 3 aliphatic rings. The van der Waals surface area contributed by atoms with Gasteiger partial charge in [0.2, 0.25) is 0 Å². The number of carbonyl (C=O) groups is 5. The number of Topliss-reactive ketones (excluding diaryl/α,β-unsaturated/α-hetero) is 1. The van der Waals surface area contributed by atoms with Crippen LogP contribution in [0.1, 0.15) is 116 Å². The Hall–Kier alpha value is -2.77. The number of hydrogen-bond acceptors (Lipinski definition) is 17. The highest BCUT2D eigenvalue weighted by molar-refractivity contribution is 5.89. The fourth-order valence-electron chi connectivity index (χ4n) is 9.56. The lowest BCUT2D eigenvalue weighted by atomic mass is 9.74. The number of esters is 4. The third kappa shape index (κ3) is 12.9. The van der Waals surface area contributed by atoms with Gasteiger partial charge in [0.05, 0.1) is 42.4 Å². The van der Waals surface area contributed by atoms with E-state index in [1.165, 1.54) is 41.9 Å². The molecule has 0 bridgehead atoms. The van der Waals surface area contributed by atoms with Crippen LogP contribution in [-0.4, -0.2) is 139 Å². The van der Waals surface area contributed by atoms with E-state index in [-0.39, 0.29) is 18.9 Å². The summed E-state index contributed by atoms with van der Waals surface area (Å²) in [5.41, 5.74) is -3.10. The van der Waals surface area contributed by atoms with Crippen molar-refractivity contribution >= 4 is 29.7 Å². The molecule has 3 rings (SSSR count). The molecule has 61 heavy (non-hydrogen) atoms. The Labute approximate surface area is 361 Å². The Balaban J connectivity index is 2.27. The van der Waals surface area contributed by atoms with Gasteiger partial charge in [0, 0.05) is 65.6 Å². The molecular formula is C44H74O17. The summed E-state index contributed by atoms with van der Waals surface area (Å²) in [5, 5.41) is 23.5. The first kappa shape index (κ1) is 52.6. The predicted molar refractivity (Wildman–Crippen MR) is 217 cm³/mol. The smallest absolute Gasteiger partial charge is 0.311 e. The van der Waals surface area contributed by atoms with Crippen LogP contribution in [0, 0.1) is 35.5 Å². The van der Waals surface area contributed by atoms with Gasteiger partial charge >= 0.3 is 23.9 Å². The number of ketones is 1. The molecular weight excluding hydrogens is 800 g/mol. The van der Waals surface area contributed by atoms with Crippen LogP contribution in [0.5, 0.6) is 0 Å². The van der Waals surface area contributed by atoms with Crippen molar-refractivity contribution in [2.45, 2.75) is 201 Å². The Bertz CT molecular complexity index is 1500. The maximum Gasteiger partial charge on any atom is 0.311 e. The molecule has 1 unspecified atom stereocenters. The van der Waals surface area contributed by atoms with E-state index < -0.39 is 144 Å². The number of ether oxygens (including phenoxy) is 10. The first-order chi connectivity index (χ1) is 28.2. The second kappa shape index (κ2) is 21.7. The molecule has 2 N–H and O–H groups in total. The van der Waals surface area contributed by atoms with Gasteiger partial charge in [-0.1, -0.05) is 34.6 Å². The van der Waals surface area contributed by atoms with Crippen LogP contribution in [-0.2, 0) is 71.3 Å². The molecule has 3 saturated heterocycles. The van der Waals surface area contributed by atoms with Crippen LogP contribution < -0.4 is 0 Å². The van der Waals surface area contributed by atoms with Crippen LogP contribution in [0.15, 0.2) is 0 Å². The summed E-state index contributed by atoms with van der Waals surface area (Å²) in [6, 6.07) is 0. The second-order valence-electron chi connectivity index (χ2n) is 18.3. The van der Waals surface area contributed by atoms with Crippen LogP contribution in [0.4, 0.5) is 0 Å². The van der Waals surface area contributed by atoms with E-state index in [1.54, 1.807) is 62.3 Å². The average Bonchev–Trinajstić information content (AvgIpc) is 3.16. The third-order valence-electron chi connectivity index (χ3n) is 13.0. The number of cyclic esters (lactones) is 1. The van der Waals surface area contributed by atoms with Crippen molar-refractivity contribution in [2.75, 3.05) is 14.2 Å². The number of hydrogen-bond donors (Lipinski definition) is 2. The van der Waals surface area contributed by atoms with Crippen molar-refractivity contribution in [3.05, 3.63) is 0 Å². The van der Waals surface area contributed by atoms with Crippen LogP contribution >= 0.6 is 0 Å². The van der Waals surface area contributed by atoms with Gasteiger partial charge in [-0.3, -0.25) is 24.0 Å². The first-order valence-electron chi connectivity index (χ1n) is 21.6. The van der Waals surface area contributed by atoms with Crippen molar-refractivity contribution < 1.29 is 81.6 Å². The van der Waals surface area contributed by atoms with Gasteiger partial charge in [0.15, 0.2) is 24.5 Å². The normalized spacial score (nSPS) is 42.9. The van der Waals surface area contributed by atoms with Crippen LogP contribution in [0.2, 0.25) is 0 Å². The average molecular weight is 875 g/mol. The predicted octanol–water partition coefficient (Wildman–Crippen LogP) is 4.07. The van der Waals surface area contributed by atoms with Gasteiger partial charge in [-0.15, -0.1) is 0 Å². The summed E-state index contributed by atoms with van der Waals surface area (Å²) in [6.07, 6.45) is -10.9. The molecule has 3 fully saturated rings. The molecule has 3 aliphatic heterocycles. The molecule has 0 amide bonds. The largest absolute Gasteiger partial charge is 0.462 e. The molecule has 0 aliphatic carbocycles. The zero-order chi connectivity index (χ0) is 46.5.